The first kappa shape index (κ1) is 16.5. The largest absolute Gasteiger partial charge is 0.351 e. The van der Waals surface area contributed by atoms with E-state index in [1.54, 1.807) is 24.7 Å². The van der Waals surface area contributed by atoms with E-state index >= 15 is 0 Å². The van der Waals surface area contributed by atoms with Crippen LogP contribution in [0.3, 0.4) is 0 Å². The molecule has 2 aromatic heterocycles. The van der Waals surface area contributed by atoms with Crippen LogP contribution in [0.5, 0.6) is 0 Å². The Morgan fingerprint density at radius 1 is 1.33 bits per heavy atom. The normalized spacial score (nSPS) is 15.8. The first-order chi connectivity index (χ1) is 11.8. The molecule has 0 saturated carbocycles. The van der Waals surface area contributed by atoms with Gasteiger partial charge in [-0.1, -0.05) is 0 Å². The third-order valence-electron chi connectivity index (χ3n) is 4.04. The third kappa shape index (κ3) is 4.13. The van der Waals surface area contributed by atoms with Crippen LogP contribution in [0.15, 0.2) is 24.7 Å². The molecule has 3 heterocycles. The molecule has 124 valence electrons. The summed E-state index contributed by atoms with van der Waals surface area (Å²) in [5.41, 5.74) is 0. The number of thiazole rings is 1. The van der Waals surface area contributed by atoms with Crippen molar-refractivity contribution in [2.24, 2.45) is 5.92 Å². The molecule has 1 aliphatic rings. The van der Waals surface area contributed by atoms with Crippen molar-refractivity contribution in [3.05, 3.63) is 29.5 Å². The van der Waals surface area contributed by atoms with Gasteiger partial charge in [-0.2, -0.15) is 5.26 Å². The van der Waals surface area contributed by atoms with Gasteiger partial charge < -0.3 is 5.32 Å². The van der Waals surface area contributed by atoms with E-state index in [0.29, 0.717) is 34.7 Å². The van der Waals surface area contributed by atoms with Crippen LogP contribution < -0.4 is 5.32 Å². The van der Waals surface area contributed by atoms with E-state index in [1.807, 2.05) is 0 Å². The van der Waals surface area contributed by atoms with Crippen LogP contribution in [0.2, 0.25) is 0 Å². The van der Waals surface area contributed by atoms with E-state index in [2.05, 4.69) is 31.2 Å². The van der Waals surface area contributed by atoms with Crippen molar-refractivity contribution in [3.8, 4) is 16.9 Å². The van der Waals surface area contributed by atoms with Crippen LogP contribution in [-0.4, -0.2) is 51.9 Å². The summed E-state index contributed by atoms with van der Waals surface area (Å²) in [5, 5.41) is 12.3. The Hall–Kier alpha value is -2.37. The Bertz CT molecular complexity index is 718. The van der Waals surface area contributed by atoms with Gasteiger partial charge in [0.05, 0.1) is 18.8 Å². The molecule has 0 spiro atoms. The minimum atomic E-state index is -0.103. The number of amides is 1. The average molecular weight is 342 g/mol. The maximum atomic E-state index is 12.3. The van der Waals surface area contributed by atoms with Crippen molar-refractivity contribution in [3.63, 3.8) is 0 Å². The monoisotopic (exact) mass is 342 g/mol. The van der Waals surface area contributed by atoms with Crippen molar-refractivity contribution in [2.45, 2.75) is 12.8 Å². The number of likely N-dealkylation sites (tertiary alicyclic amines) is 1. The SMILES string of the molecule is N#CCN1CCC(CNC(=O)c2cnc(-c3ncccn3)s2)CC1. The summed E-state index contributed by atoms with van der Waals surface area (Å²) >= 11 is 1.30. The van der Waals surface area contributed by atoms with E-state index in [9.17, 15) is 4.79 Å². The molecular weight excluding hydrogens is 324 g/mol. The lowest BCUT2D eigenvalue weighted by atomic mass is 9.97. The van der Waals surface area contributed by atoms with Crippen LogP contribution in [-0.2, 0) is 0 Å². The molecule has 0 radical (unpaired) electrons. The first-order valence-corrected chi connectivity index (χ1v) is 8.68. The molecular formula is C16H18N6OS. The highest BCUT2D eigenvalue weighted by Gasteiger charge is 2.20. The number of piperidine rings is 1. The third-order valence-corrected chi connectivity index (χ3v) is 5.03. The van der Waals surface area contributed by atoms with Gasteiger partial charge >= 0.3 is 0 Å². The Balaban J connectivity index is 1.50. The predicted molar refractivity (Wildman–Crippen MR) is 90.3 cm³/mol. The fourth-order valence-electron chi connectivity index (χ4n) is 2.66. The molecule has 1 saturated heterocycles. The fourth-order valence-corrected chi connectivity index (χ4v) is 3.45. The smallest absolute Gasteiger partial charge is 0.263 e. The van der Waals surface area contributed by atoms with Crippen molar-refractivity contribution < 1.29 is 4.79 Å². The molecule has 1 fully saturated rings. The standard InChI is InChI=1S/C16H18N6OS/c17-4-9-22-7-2-12(3-8-22)10-20-15(23)13-11-21-16(24-13)14-18-5-1-6-19-14/h1,5-6,11-12H,2-3,7-10H2,(H,20,23). The van der Waals surface area contributed by atoms with Gasteiger partial charge in [0.15, 0.2) is 10.8 Å². The predicted octanol–water partition coefficient (Wildman–Crippen LogP) is 1.57. The maximum Gasteiger partial charge on any atom is 0.263 e. The highest BCUT2D eigenvalue weighted by molar-refractivity contribution is 7.16. The Morgan fingerprint density at radius 2 is 2.08 bits per heavy atom. The number of nitrogens with zero attached hydrogens (tertiary/aromatic N) is 5. The van der Waals surface area contributed by atoms with Crippen LogP contribution >= 0.6 is 11.3 Å². The molecule has 1 amide bonds. The first-order valence-electron chi connectivity index (χ1n) is 7.87. The number of carbonyl (C=O) groups is 1. The number of rotatable bonds is 5. The second-order valence-corrected chi connectivity index (χ2v) is 6.72. The summed E-state index contributed by atoms with van der Waals surface area (Å²) in [5.74, 6) is 0.897. The van der Waals surface area contributed by atoms with E-state index in [-0.39, 0.29) is 5.91 Å². The van der Waals surface area contributed by atoms with Crippen molar-refractivity contribution in [1.82, 2.24) is 25.2 Å². The summed E-state index contributed by atoms with van der Waals surface area (Å²) in [6.45, 7) is 2.99. The van der Waals surface area contributed by atoms with Crippen molar-refractivity contribution in [2.75, 3.05) is 26.2 Å². The van der Waals surface area contributed by atoms with Crippen LogP contribution in [0, 0.1) is 17.2 Å². The van der Waals surface area contributed by atoms with Gasteiger partial charge in [-0.05, 0) is 37.9 Å². The van der Waals surface area contributed by atoms with Crippen molar-refractivity contribution >= 4 is 17.2 Å². The summed E-state index contributed by atoms with van der Waals surface area (Å²) in [4.78, 5) is 27.5. The van der Waals surface area contributed by atoms with Crippen LogP contribution in [0.1, 0.15) is 22.5 Å². The zero-order chi connectivity index (χ0) is 16.8. The zero-order valence-corrected chi connectivity index (χ0v) is 14.0. The Kier molecular flexibility index (Phi) is 5.46. The highest BCUT2D eigenvalue weighted by Crippen LogP contribution is 2.22. The summed E-state index contributed by atoms with van der Waals surface area (Å²) in [7, 11) is 0. The number of nitriles is 1. The quantitative estimate of drug-likeness (QED) is 0.829. The molecule has 7 nitrogen and oxygen atoms in total. The molecule has 24 heavy (non-hydrogen) atoms. The maximum absolute atomic E-state index is 12.3. The highest BCUT2D eigenvalue weighted by atomic mass is 32.1. The van der Waals surface area contributed by atoms with Gasteiger partial charge in [0, 0.05) is 18.9 Å². The lowest BCUT2D eigenvalue weighted by Crippen LogP contribution is -2.38. The molecule has 1 N–H and O–H groups in total. The van der Waals surface area contributed by atoms with Gasteiger partial charge in [-0.15, -0.1) is 11.3 Å². The summed E-state index contributed by atoms with van der Waals surface area (Å²) in [6, 6.07) is 3.92. The van der Waals surface area contributed by atoms with Gasteiger partial charge in [-0.3, -0.25) is 9.69 Å². The molecule has 0 unspecified atom stereocenters. The Morgan fingerprint density at radius 3 is 2.79 bits per heavy atom. The number of carbonyl (C=O) groups excluding carboxylic acids is 1. The average Bonchev–Trinajstić information content (AvgIpc) is 3.12. The number of nitrogens with one attached hydrogen (secondary N) is 1. The minimum absolute atomic E-state index is 0.103. The summed E-state index contributed by atoms with van der Waals surface area (Å²) < 4.78 is 0. The van der Waals surface area contributed by atoms with Crippen LogP contribution in [0.4, 0.5) is 0 Å². The van der Waals surface area contributed by atoms with Gasteiger partial charge in [0.2, 0.25) is 0 Å². The number of aromatic nitrogens is 3. The lowest BCUT2D eigenvalue weighted by molar-refractivity contribution is 0.0941. The van der Waals surface area contributed by atoms with E-state index in [0.717, 1.165) is 25.9 Å². The van der Waals surface area contributed by atoms with E-state index in [4.69, 9.17) is 5.26 Å². The summed E-state index contributed by atoms with van der Waals surface area (Å²) in [6.07, 6.45) is 6.90. The number of hydrogen-bond donors (Lipinski definition) is 1. The fraction of sp³-hybridized carbons (Fsp3) is 0.438. The molecule has 3 rings (SSSR count). The van der Waals surface area contributed by atoms with E-state index < -0.39 is 0 Å². The van der Waals surface area contributed by atoms with Gasteiger partial charge in [0.25, 0.3) is 5.91 Å². The molecule has 0 aliphatic carbocycles. The molecule has 2 aromatic rings. The number of hydrogen-bond acceptors (Lipinski definition) is 7. The molecule has 0 bridgehead atoms. The van der Waals surface area contributed by atoms with Crippen molar-refractivity contribution in [1.29, 1.82) is 5.26 Å². The molecule has 0 atom stereocenters. The van der Waals surface area contributed by atoms with Gasteiger partial charge in [-0.25, -0.2) is 15.0 Å². The topological polar surface area (TPSA) is 94.8 Å². The Labute approximate surface area is 144 Å². The lowest BCUT2D eigenvalue weighted by Gasteiger charge is -2.30. The minimum Gasteiger partial charge on any atom is -0.351 e. The zero-order valence-electron chi connectivity index (χ0n) is 13.2. The molecule has 0 aromatic carbocycles. The molecule has 8 heteroatoms. The molecule has 1 aliphatic heterocycles. The second-order valence-electron chi connectivity index (χ2n) is 5.69. The second kappa shape index (κ2) is 7.95. The van der Waals surface area contributed by atoms with Gasteiger partial charge in [0.1, 0.15) is 4.88 Å². The van der Waals surface area contributed by atoms with E-state index in [1.165, 1.54) is 11.3 Å². The van der Waals surface area contributed by atoms with Crippen LogP contribution in [0.25, 0.3) is 10.8 Å².